The second-order valence-electron chi connectivity index (χ2n) is 3.31. The highest BCUT2D eigenvalue weighted by Gasteiger charge is 2.09. The molecule has 0 aliphatic rings. The van der Waals surface area contributed by atoms with E-state index < -0.39 is 0 Å². The second kappa shape index (κ2) is 7.35. The Labute approximate surface area is 84.5 Å². The van der Waals surface area contributed by atoms with Crippen LogP contribution in [0, 0.1) is 5.92 Å². The third kappa shape index (κ3) is 5.91. The maximum absolute atomic E-state index is 3.56. The van der Waals surface area contributed by atoms with E-state index in [1.54, 1.807) is 0 Å². The van der Waals surface area contributed by atoms with Crippen molar-refractivity contribution >= 4 is 22.6 Å². The first kappa shape index (κ1) is 11.7. The lowest BCUT2D eigenvalue weighted by Crippen LogP contribution is -2.35. The van der Waals surface area contributed by atoms with Gasteiger partial charge in [-0.3, -0.25) is 0 Å². The van der Waals surface area contributed by atoms with Crippen molar-refractivity contribution in [3.05, 3.63) is 0 Å². The quantitative estimate of drug-likeness (QED) is 0.444. The molecule has 0 amide bonds. The van der Waals surface area contributed by atoms with Crippen molar-refractivity contribution in [3.8, 4) is 0 Å². The summed E-state index contributed by atoms with van der Waals surface area (Å²) in [7, 11) is 0. The molecule has 68 valence electrons. The van der Waals surface area contributed by atoms with E-state index in [4.69, 9.17) is 0 Å². The first-order chi connectivity index (χ1) is 5.22. The van der Waals surface area contributed by atoms with Crippen LogP contribution in [0.1, 0.15) is 33.6 Å². The Hall–Kier alpha value is 0.690. The van der Waals surface area contributed by atoms with Gasteiger partial charge in [0.05, 0.1) is 0 Å². The molecule has 0 fully saturated rings. The van der Waals surface area contributed by atoms with Crippen LogP contribution in [0.25, 0.3) is 0 Å². The molecule has 0 aromatic heterocycles. The van der Waals surface area contributed by atoms with E-state index in [9.17, 15) is 0 Å². The molecule has 0 aliphatic carbocycles. The molecule has 1 N–H and O–H groups in total. The molecule has 0 aromatic carbocycles. The minimum atomic E-state index is 0.710. The summed E-state index contributed by atoms with van der Waals surface area (Å²) in [5.74, 6) is 0.767. The zero-order chi connectivity index (χ0) is 8.69. The minimum absolute atomic E-state index is 0.710. The summed E-state index contributed by atoms with van der Waals surface area (Å²) in [6.45, 7) is 7.98. The lowest BCUT2D eigenvalue weighted by atomic mass is 10.1. The maximum Gasteiger partial charge on any atom is 0.0180 e. The van der Waals surface area contributed by atoms with Crippen LogP contribution < -0.4 is 5.32 Å². The molecule has 0 saturated carbocycles. The Bertz CT molecular complexity index is 83.6. The Balaban J connectivity index is 3.36. The predicted octanol–water partition coefficient (Wildman–Crippen LogP) is 2.84. The summed E-state index contributed by atoms with van der Waals surface area (Å²) < 4.78 is 1.22. The summed E-state index contributed by atoms with van der Waals surface area (Å²) in [5.41, 5.74) is 0. The van der Waals surface area contributed by atoms with Gasteiger partial charge < -0.3 is 5.32 Å². The smallest absolute Gasteiger partial charge is 0.0180 e. The van der Waals surface area contributed by atoms with Gasteiger partial charge in [0.2, 0.25) is 0 Å². The number of halogens is 1. The van der Waals surface area contributed by atoms with Gasteiger partial charge in [0.1, 0.15) is 0 Å². The van der Waals surface area contributed by atoms with Gasteiger partial charge in [-0.15, -0.1) is 0 Å². The van der Waals surface area contributed by atoms with Gasteiger partial charge in [0.25, 0.3) is 0 Å². The first-order valence-corrected chi connectivity index (χ1v) is 6.04. The van der Waals surface area contributed by atoms with Gasteiger partial charge >= 0.3 is 0 Å². The fourth-order valence-corrected chi connectivity index (χ4v) is 2.26. The van der Waals surface area contributed by atoms with Crippen LogP contribution in [-0.4, -0.2) is 17.0 Å². The largest absolute Gasteiger partial charge is 0.313 e. The molecule has 0 radical (unpaired) electrons. The number of unbranched alkanes of at least 4 members (excludes halogenated alkanes) is 1. The van der Waals surface area contributed by atoms with Crippen LogP contribution >= 0.6 is 22.6 Å². The van der Waals surface area contributed by atoms with Gasteiger partial charge in [-0.1, -0.05) is 49.8 Å². The van der Waals surface area contributed by atoms with Gasteiger partial charge in [-0.25, -0.2) is 0 Å². The van der Waals surface area contributed by atoms with Crippen LogP contribution in [0.4, 0.5) is 0 Å². The molecule has 0 rings (SSSR count). The summed E-state index contributed by atoms with van der Waals surface area (Å²) in [6, 6.07) is 0.710. The molecule has 1 atom stereocenters. The van der Waals surface area contributed by atoms with Gasteiger partial charge in [-0.05, 0) is 18.9 Å². The highest BCUT2D eigenvalue weighted by molar-refractivity contribution is 14.1. The monoisotopic (exact) mass is 269 g/mol. The van der Waals surface area contributed by atoms with Crippen molar-refractivity contribution in [2.75, 3.05) is 11.0 Å². The van der Waals surface area contributed by atoms with Crippen molar-refractivity contribution < 1.29 is 0 Å². The molecule has 0 aromatic rings. The van der Waals surface area contributed by atoms with Crippen LogP contribution in [0.2, 0.25) is 0 Å². The fraction of sp³-hybridized carbons (Fsp3) is 1.00. The number of hydrogen-bond donors (Lipinski definition) is 1. The van der Waals surface area contributed by atoms with E-state index in [-0.39, 0.29) is 0 Å². The normalized spacial score (nSPS) is 13.9. The molecule has 0 spiro atoms. The summed E-state index contributed by atoms with van der Waals surface area (Å²) in [4.78, 5) is 0. The van der Waals surface area contributed by atoms with E-state index in [2.05, 4.69) is 48.7 Å². The molecular weight excluding hydrogens is 249 g/mol. The first-order valence-electron chi connectivity index (χ1n) is 4.51. The van der Waals surface area contributed by atoms with Crippen LogP contribution in [-0.2, 0) is 0 Å². The molecule has 0 bridgehead atoms. The Morgan fingerprint density at radius 2 is 2.00 bits per heavy atom. The maximum atomic E-state index is 3.56. The molecule has 1 unspecified atom stereocenters. The molecule has 0 aliphatic heterocycles. The average Bonchev–Trinajstić information content (AvgIpc) is 1.97. The SMILES string of the molecule is CCCCNC(CI)C(C)C. The zero-order valence-electron chi connectivity index (χ0n) is 7.86. The fourth-order valence-electron chi connectivity index (χ4n) is 0.933. The molecule has 0 heterocycles. The van der Waals surface area contributed by atoms with E-state index in [1.165, 1.54) is 23.8 Å². The number of nitrogens with one attached hydrogen (secondary N) is 1. The van der Waals surface area contributed by atoms with E-state index in [0.717, 1.165) is 5.92 Å². The van der Waals surface area contributed by atoms with Gasteiger partial charge in [0.15, 0.2) is 0 Å². The molecule has 2 heteroatoms. The average molecular weight is 269 g/mol. The van der Waals surface area contributed by atoms with E-state index >= 15 is 0 Å². The predicted molar refractivity (Wildman–Crippen MR) is 60.4 cm³/mol. The highest BCUT2D eigenvalue weighted by Crippen LogP contribution is 2.04. The van der Waals surface area contributed by atoms with Crippen LogP contribution in [0.3, 0.4) is 0 Å². The Kier molecular flexibility index (Phi) is 7.81. The number of hydrogen-bond acceptors (Lipinski definition) is 1. The van der Waals surface area contributed by atoms with Crippen LogP contribution in [0.5, 0.6) is 0 Å². The summed E-state index contributed by atoms with van der Waals surface area (Å²) in [6.07, 6.45) is 2.60. The molecular formula is C9H20IN. The minimum Gasteiger partial charge on any atom is -0.313 e. The second-order valence-corrected chi connectivity index (χ2v) is 4.19. The molecule has 11 heavy (non-hydrogen) atoms. The van der Waals surface area contributed by atoms with Crippen LogP contribution in [0.15, 0.2) is 0 Å². The number of rotatable bonds is 6. The summed E-state index contributed by atoms with van der Waals surface area (Å²) in [5, 5.41) is 3.56. The Morgan fingerprint density at radius 3 is 2.36 bits per heavy atom. The van der Waals surface area contributed by atoms with Crippen molar-refractivity contribution in [2.45, 2.75) is 39.7 Å². The third-order valence-corrected chi connectivity index (χ3v) is 2.86. The van der Waals surface area contributed by atoms with Crippen molar-refractivity contribution in [3.63, 3.8) is 0 Å². The zero-order valence-corrected chi connectivity index (χ0v) is 10.0. The van der Waals surface area contributed by atoms with Gasteiger partial charge in [-0.2, -0.15) is 0 Å². The third-order valence-electron chi connectivity index (χ3n) is 1.91. The topological polar surface area (TPSA) is 12.0 Å². The molecule has 1 nitrogen and oxygen atoms in total. The highest BCUT2D eigenvalue weighted by atomic mass is 127. The van der Waals surface area contributed by atoms with Crippen molar-refractivity contribution in [1.29, 1.82) is 0 Å². The van der Waals surface area contributed by atoms with Gasteiger partial charge in [0, 0.05) is 10.5 Å². The summed E-state index contributed by atoms with van der Waals surface area (Å²) >= 11 is 2.45. The van der Waals surface area contributed by atoms with Crippen molar-refractivity contribution in [1.82, 2.24) is 5.32 Å². The van der Waals surface area contributed by atoms with E-state index in [1.807, 2.05) is 0 Å². The molecule has 0 saturated heterocycles. The standard InChI is InChI=1S/C9H20IN/c1-4-5-6-11-9(7-10)8(2)3/h8-9,11H,4-7H2,1-3H3. The lowest BCUT2D eigenvalue weighted by molar-refractivity contribution is 0.433. The Morgan fingerprint density at radius 1 is 1.36 bits per heavy atom. The van der Waals surface area contributed by atoms with E-state index in [0.29, 0.717) is 6.04 Å². The lowest BCUT2D eigenvalue weighted by Gasteiger charge is -2.19. The van der Waals surface area contributed by atoms with Crippen molar-refractivity contribution in [2.24, 2.45) is 5.92 Å². The number of alkyl halides is 1.